The van der Waals surface area contributed by atoms with E-state index in [-0.39, 0.29) is 17.8 Å². The van der Waals surface area contributed by atoms with Crippen molar-refractivity contribution in [1.82, 2.24) is 0 Å². The van der Waals surface area contributed by atoms with Crippen molar-refractivity contribution in [2.75, 3.05) is 0 Å². The van der Waals surface area contributed by atoms with Crippen LogP contribution in [0.4, 0.5) is 0 Å². The molecule has 0 aliphatic carbocycles. The summed E-state index contributed by atoms with van der Waals surface area (Å²) in [5, 5.41) is 8.70. The van der Waals surface area contributed by atoms with Crippen LogP contribution < -0.4 is 5.73 Å². The molecule has 0 fully saturated rings. The Morgan fingerprint density at radius 1 is 1.29 bits per heavy atom. The first kappa shape index (κ1) is 15.9. The Hall–Kier alpha value is -1.06. The molecule has 0 saturated carbocycles. The molecule has 0 spiro atoms. The summed E-state index contributed by atoms with van der Waals surface area (Å²) in [6, 6.07) is 7.14. The monoisotopic (exact) mass is 257 g/mol. The zero-order valence-corrected chi connectivity index (χ0v) is 11.3. The van der Waals surface area contributed by atoms with Gasteiger partial charge in [0.2, 0.25) is 0 Å². The zero-order valence-electron chi connectivity index (χ0n) is 10.4. The Morgan fingerprint density at radius 2 is 1.76 bits per heavy atom. The van der Waals surface area contributed by atoms with Crippen molar-refractivity contribution < 1.29 is 9.90 Å². The van der Waals surface area contributed by atoms with Crippen LogP contribution in [0.25, 0.3) is 0 Å². The molecular weight excluding hydrogens is 238 g/mol. The summed E-state index contributed by atoms with van der Waals surface area (Å²) >= 11 is 0. The minimum Gasteiger partial charge on any atom is -0.480 e. The summed E-state index contributed by atoms with van der Waals surface area (Å²) in [5.41, 5.74) is 7.79. The first-order valence-electron chi connectivity index (χ1n) is 5.38. The Labute approximate surface area is 108 Å². The van der Waals surface area contributed by atoms with E-state index >= 15 is 0 Å². The van der Waals surface area contributed by atoms with Crippen molar-refractivity contribution in [2.24, 2.45) is 5.73 Å². The molecule has 0 aliphatic heterocycles. The van der Waals surface area contributed by atoms with Crippen molar-refractivity contribution in [3.8, 4) is 0 Å². The molecule has 0 bridgehead atoms. The molecule has 3 N–H and O–H groups in total. The molecule has 3 nitrogen and oxygen atoms in total. The van der Waals surface area contributed by atoms with E-state index < -0.39 is 12.0 Å². The number of hydrogen-bond acceptors (Lipinski definition) is 2. The van der Waals surface area contributed by atoms with Gasteiger partial charge in [-0.15, -0.1) is 12.4 Å². The minimum absolute atomic E-state index is 0. The number of rotatable bonds is 3. The lowest BCUT2D eigenvalue weighted by atomic mass is 9.86. The van der Waals surface area contributed by atoms with Crippen molar-refractivity contribution >= 4 is 18.4 Å². The van der Waals surface area contributed by atoms with Gasteiger partial charge in [-0.2, -0.15) is 0 Å². The molecule has 1 aromatic carbocycles. The van der Waals surface area contributed by atoms with Crippen LogP contribution >= 0.6 is 12.4 Å². The normalized spacial score (nSPS) is 12.7. The first-order valence-corrected chi connectivity index (χ1v) is 5.38. The standard InChI is InChI=1S/C13H19NO2.ClH/c1-13(2,3)10-6-4-9(5-7-10)8-11(14)12(15)16;/h4-7,11H,8,14H2,1-3H3,(H,15,16);1H/t11-;/m1./s1. The highest BCUT2D eigenvalue weighted by molar-refractivity contribution is 5.85. The molecule has 17 heavy (non-hydrogen) atoms. The van der Waals surface area contributed by atoms with E-state index in [1.165, 1.54) is 5.56 Å². The average Bonchev–Trinajstić information content (AvgIpc) is 2.17. The van der Waals surface area contributed by atoms with Gasteiger partial charge in [0.15, 0.2) is 0 Å². The van der Waals surface area contributed by atoms with E-state index in [1.54, 1.807) is 0 Å². The maximum absolute atomic E-state index is 10.6. The number of benzene rings is 1. The van der Waals surface area contributed by atoms with Crippen molar-refractivity contribution in [3.63, 3.8) is 0 Å². The zero-order chi connectivity index (χ0) is 12.3. The second-order valence-electron chi connectivity index (χ2n) is 5.10. The predicted octanol–water partition coefficient (Wildman–Crippen LogP) is 2.36. The van der Waals surface area contributed by atoms with E-state index in [0.717, 1.165) is 5.56 Å². The van der Waals surface area contributed by atoms with Crippen LogP contribution in [0.2, 0.25) is 0 Å². The Morgan fingerprint density at radius 3 is 2.12 bits per heavy atom. The second kappa shape index (κ2) is 6.03. The van der Waals surface area contributed by atoms with E-state index in [9.17, 15) is 4.79 Å². The topological polar surface area (TPSA) is 63.3 Å². The highest BCUT2D eigenvalue weighted by Gasteiger charge is 2.15. The van der Waals surface area contributed by atoms with Gasteiger partial charge in [0.05, 0.1) is 0 Å². The van der Waals surface area contributed by atoms with Gasteiger partial charge in [-0.05, 0) is 23.0 Å². The third-order valence-electron chi connectivity index (χ3n) is 2.59. The summed E-state index contributed by atoms with van der Waals surface area (Å²) in [7, 11) is 0. The molecule has 0 unspecified atom stereocenters. The van der Waals surface area contributed by atoms with Gasteiger partial charge in [0.25, 0.3) is 0 Å². The lowest BCUT2D eigenvalue weighted by molar-refractivity contribution is -0.138. The second-order valence-corrected chi connectivity index (χ2v) is 5.10. The van der Waals surface area contributed by atoms with Crippen molar-refractivity contribution in [2.45, 2.75) is 38.6 Å². The first-order chi connectivity index (χ1) is 7.30. The molecule has 0 aromatic heterocycles. The number of halogens is 1. The lowest BCUT2D eigenvalue weighted by Gasteiger charge is -2.19. The molecule has 0 radical (unpaired) electrons. The molecule has 0 heterocycles. The maximum Gasteiger partial charge on any atom is 0.320 e. The van der Waals surface area contributed by atoms with E-state index in [0.29, 0.717) is 6.42 Å². The molecule has 0 aliphatic rings. The molecule has 1 aromatic rings. The molecule has 0 amide bonds. The molecule has 0 saturated heterocycles. The fraction of sp³-hybridized carbons (Fsp3) is 0.462. The summed E-state index contributed by atoms with van der Waals surface area (Å²) in [6.45, 7) is 6.43. The quantitative estimate of drug-likeness (QED) is 0.874. The van der Waals surface area contributed by atoms with Crippen LogP contribution in [0.15, 0.2) is 24.3 Å². The van der Waals surface area contributed by atoms with Gasteiger partial charge in [0, 0.05) is 0 Å². The number of carbonyl (C=O) groups is 1. The summed E-state index contributed by atoms with van der Waals surface area (Å²) < 4.78 is 0. The van der Waals surface area contributed by atoms with E-state index in [2.05, 4.69) is 20.8 Å². The highest BCUT2D eigenvalue weighted by atomic mass is 35.5. The average molecular weight is 258 g/mol. The summed E-state index contributed by atoms with van der Waals surface area (Å²) in [6.07, 6.45) is 0.375. The molecular formula is C13H20ClNO2. The molecule has 1 rings (SSSR count). The van der Waals surface area contributed by atoms with Crippen LogP contribution in [0.5, 0.6) is 0 Å². The van der Waals surface area contributed by atoms with Crippen molar-refractivity contribution in [1.29, 1.82) is 0 Å². The Bertz CT molecular complexity index is 368. The van der Waals surface area contributed by atoms with Crippen LogP contribution in [0.3, 0.4) is 0 Å². The van der Waals surface area contributed by atoms with Gasteiger partial charge in [0.1, 0.15) is 6.04 Å². The third kappa shape index (κ3) is 4.75. The van der Waals surface area contributed by atoms with Gasteiger partial charge in [-0.25, -0.2) is 0 Å². The van der Waals surface area contributed by atoms with E-state index in [4.69, 9.17) is 10.8 Å². The SMILES string of the molecule is CC(C)(C)c1ccc(C[C@@H](N)C(=O)O)cc1.Cl. The molecule has 1 atom stereocenters. The molecule has 4 heteroatoms. The highest BCUT2D eigenvalue weighted by Crippen LogP contribution is 2.22. The number of aliphatic carboxylic acids is 1. The minimum atomic E-state index is -0.958. The maximum atomic E-state index is 10.6. The van der Waals surface area contributed by atoms with Crippen molar-refractivity contribution in [3.05, 3.63) is 35.4 Å². The van der Waals surface area contributed by atoms with Crippen LogP contribution in [0, 0.1) is 0 Å². The fourth-order valence-electron chi connectivity index (χ4n) is 1.48. The largest absolute Gasteiger partial charge is 0.480 e. The van der Waals surface area contributed by atoms with E-state index in [1.807, 2.05) is 24.3 Å². The Kier molecular flexibility index (Phi) is 5.66. The predicted molar refractivity (Wildman–Crippen MR) is 71.7 cm³/mol. The summed E-state index contributed by atoms with van der Waals surface area (Å²) in [5.74, 6) is -0.958. The van der Waals surface area contributed by atoms with Gasteiger partial charge in [-0.3, -0.25) is 4.79 Å². The van der Waals surface area contributed by atoms with Crippen LogP contribution in [-0.2, 0) is 16.6 Å². The smallest absolute Gasteiger partial charge is 0.320 e. The van der Waals surface area contributed by atoms with Gasteiger partial charge in [-0.1, -0.05) is 45.0 Å². The van der Waals surface area contributed by atoms with Crippen LogP contribution in [0.1, 0.15) is 31.9 Å². The number of carboxylic acids is 1. The lowest BCUT2D eigenvalue weighted by Crippen LogP contribution is -2.32. The van der Waals surface area contributed by atoms with Gasteiger partial charge < -0.3 is 10.8 Å². The van der Waals surface area contributed by atoms with Gasteiger partial charge >= 0.3 is 5.97 Å². The Balaban J connectivity index is 0.00000256. The van der Waals surface area contributed by atoms with Crippen LogP contribution in [-0.4, -0.2) is 17.1 Å². The summed E-state index contributed by atoms with van der Waals surface area (Å²) in [4.78, 5) is 10.6. The number of hydrogen-bond donors (Lipinski definition) is 2. The number of nitrogens with two attached hydrogens (primary N) is 1. The number of carboxylic acid groups (broad SMARTS) is 1. The third-order valence-corrected chi connectivity index (χ3v) is 2.59. The molecule has 96 valence electrons. The fourth-order valence-corrected chi connectivity index (χ4v) is 1.48.